The van der Waals surface area contributed by atoms with E-state index in [1.165, 1.54) is 173 Å². The molecule has 0 aromatic carbocycles. The number of nitrogens with one attached hydrogen (secondary N) is 1. The van der Waals surface area contributed by atoms with E-state index >= 15 is 0 Å². The molecule has 1 aliphatic rings. The van der Waals surface area contributed by atoms with Gasteiger partial charge in [0, 0.05) is 13.0 Å². The molecule has 1 rings (SSSR count). The molecule has 0 aromatic heterocycles. The lowest BCUT2D eigenvalue weighted by Gasteiger charge is -2.04. The predicted octanol–water partition coefficient (Wildman–Crippen LogP) is 12.2. The van der Waals surface area contributed by atoms with E-state index in [0.29, 0.717) is 0 Å². The van der Waals surface area contributed by atoms with Gasteiger partial charge in [0.2, 0.25) is 5.91 Å². The van der Waals surface area contributed by atoms with Gasteiger partial charge in [0.25, 0.3) is 0 Å². The van der Waals surface area contributed by atoms with Gasteiger partial charge in [0.05, 0.1) is 0 Å². The molecule has 1 N–H and O–H groups in total. The Bertz CT molecular complexity index is 490. The topological polar surface area (TPSA) is 29.1 Å². The molecule has 0 radical (unpaired) electrons. The summed E-state index contributed by atoms with van der Waals surface area (Å²) in [6, 6.07) is 0. The molecule has 0 saturated carbocycles. The zero-order chi connectivity index (χ0) is 27.6. The predicted molar refractivity (Wildman–Crippen MR) is 172 cm³/mol. The van der Waals surface area contributed by atoms with E-state index in [2.05, 4.69) is 31.0 Å². The van der Waals surface area contributed by atoms with E-state index in [4.69, 9.17) is 0 Å². The van der Waals surface area contributed by atoms with Gasteiger partial charge in [0.1, 0.15) is 0 Å². The molecule has 1 amide bonds. The molecule has 1 heterocycles. The molecule has 0 aromatic rings. The lowest BCUT2D eigenvalue weighted by atomic mass is 10.0. The van der Waals surface area contributed by atoms with Crippen molar-refractivity contribution in [2.75, 3.05) is 6.54 Å². The number of allylic oxidation sites excluding steroid dienone is 3. The fraction of sp³-hybridized carbons (Fsp3) is 0.861. The first kappa shape index (κ1) is 37.0. The van der Waals surface area contributed by atoms with Crippen LogP contribution in [0.4, 0.5) is 0 Å². The van der Waals surface area contributed by atoms with E-state index in [9.17, 15) is 4.79 Å². The van der Waals surface area contributed by atoms with Crippen molar-refractivity contribution in [2.24, 2.45) is 0 Å². The average molecular weight is 532 g/mol. The Morgan fingerprint density at radius 1 is 0.579 bits per heavy atom. The molecule has 0 bridgehead atoms. The van der Waals surface area contributed by atoms with Gasteiger partial charge in [-0.05, 0) is 19.3 Å². The monoisotopic (exact) mass is 532 g/mol. The Balaban J connectivity index is 0.00000198. The minimum Gasteiger partial charge on any atom is -0.356 e. The maximum Gasteiger partial charge on any atom is 0.220 e. The van der Waals surface area contributed by atoms with Gasteiger partial charge in [-0.1, -0.05) is 192 Å². The standard InChI is InChI=1S/C32H62.C4H7NO/c1-3-5-7-9-11-13-15-17-19-21-23-25-27-29-31-32-30-28-26-24-22-20-18-16-14-12-10-8-6-4-2;6-4-2-1-3-5-4/h3,5,7H,1,4,6,8-32H2,2H3;1-3H2,(H,5,6). The number of amides is 1. The van der Waals surface area contributed by atoms with Crippen molar-refractivity contribution in [1.82, 2.24) is 5.32 Å². The average Bonchev–Trinajstić information content (AvgIpc) is 3.41. The number of hydrogen-bond donors (Lipinski definition) is 1. The zero-order valence-electron chi connectivity index (χ0n) is 26.1. The van der Waals surface area contributed by atoms with E-state index in [0.717, 1.165) is 19.4 Å². The maximum absolute atomic E-state index is 10.1. The fourth-order valence-corrected chi connectivity index (χ4v) is 5.34. The first-order valence-corrected chi connectivity index (χ1v) is 17.4. The van der Waals surface area contributed by atoms with Gasteiger partial charge in [-0.2, -0.15) is 0 Å². The minimum atomic E-state index is 0.204. The van der Waals surface area contributed by atoms with Crippen molar-refractivity contribution in [2.45, 2.75) is 193 Å². The van der Waals surface area contributed by atoms with Crippen LogP contribution in [0.2, 0.25) is 0 Å². The van der Waals surface area contributed by atoms with Crippen LogP contribution in [0.3, 0.4) is 0 Å². The highest BCUT2D eigenvalue weighted by Crippen LogP contribution is 2.16. The molecule has 0 spiro atoms. The summed E-state index contributed by atoms with van der Waals surface area (Å²) in [4.78, 5) is 10.1. The molecule has 2 nitrogen and oxygen atoms in total. The van der Waals surface area contributed by atoms with Crippen LogP contribution >= 0.6 is 0 Å². The van der Waals surface area contributed by atoms with Crippen LogP contribution in [-0.2, 0) is 4.79 Å². The number of rotatable bonds is 28. The van der Waals surface area contributed by atoms with Gasteiger partial charge >= 0.3 is 0 Å². The van der Waals surface area contributed by atoms with Gasteiger partial charge < -0.3 is 5.32 Å². The summed E-state index contributed by atoms with van der Waals surface area (Å²) < 4.78 is 0. The summed E-state index contributed by atoms with van der Waals surface area (Å²) >= 11 is 0. The van der Waals surface area contributed by atoms with Crippen molar-refractivity contribution in [1.29, 1.82) is 0 Å². The molecule has 38 heavy (non-hydrogen) atoms. The van der Waals surface area contributed by atoms with Crippen LogP contribution < -0.4 is 5.32 Å². The molecule has 1 saturated heterocycles. The summed E-state index contributed by atoms with van der Waals surface area (Å²) in [5, 5.41) is 2.68. The Labute approximate surface area is 240 Å². The summed E-state index contributed by atoms with van der Waals surface area (Å²) in [5.41, 5.74) is 0. The summed E-state index contributed by atoms with van der Waals surface area (Å²) in [5.74, 6) is 0.204. The summed E-state index contributed by atoms with van der Waals surface area (Å²) in [6.07, 6.45) is 47.2. The normalized spacial score (nSPS) is 13.0. The lowest BCUT2D eigenvalue weighted by molar-refractivity contribution is -0.119. The van der Waals surface area contributed by atoms with Crippen LogP contribution in [-0.4, -0.2) is 12.5 Å². The zero-order valence-corrected chi connectivity index (χ0v) is 26.1. The fourth-order valence-electron chi connectivity index (χ4n) is 5.34. The molecule has 1 fully saturated rings. The molecule has 2 heteroatoms. The largest absolute Gasteiger partial charge is 0.356 e. The Morgan fingerprint density at radius 3 is 1.16 bits per heavy atom. The maximum atomic E-state index is 10.1. The number of carbonyl (C=O) groups is 1. The third-order valence-corrected chi connectivity index (χ3v) is 7.90. The first-order valence-electron chi connectivity index (χ1n) is 17.4. The molecule has 0 unspecified atom stereocenters. The SMILES string of the molecule is C=CC=CCCCCCCCCCCCCCCCCCCCCCCCCCCCC.O=C1CCCN1. The van der Waals surface area contributed by atoms with Gasteiger partial charge in [-0.3, -0.25) is 4.79 Å². The van der Waals surface area contributed by atoms with Crippen LogP contribution in [0.1, 0.15) is 193 Å². The van der Waals surface area contributed by atoms with Crippen molar-refractivity contribution in [3.05, 3.63) is 24.8 Å². The Kier molecular flexibility index (Phi) is 33.0. The third-order valence-electron chi connectivity index (χ3n) is 7.90. The van der Waals surface area contributed by atoms with Gasteiger partial charge in [-0.25, -0.2) is 0 Å². The second-order valence-corrected chi connectivity index (χ2v) is 11.7. The van der Waals surface area contributed by atoms with Crippen LogP contribution in [0.25, 0.3) is 0 Å². The van der Waals surface area contributed by atoms with E-state index in [-0.39, 0.29) is 5.91 Å². The molecule has 0 aliphatic carbocycles. The number of carbonyl (C=O) groups excluding carboxylic acids is 1. The van der Waals surface area contributed by atoms with Crippen LogP contribution in [0.5, 0.6) is 0 Å². The quantitative estimate of drug-likeness (QED) is 0.0789. The van der Waals surface area contributed by atoms with Crippen LogP contribution in [0.15, 0.2) is 24.8 Å². The third kappa shape index (κ3) is 33.0. The molecule has 1 aliphatic heterocycles. The first-order chi connectivity index (χ1) is 18.8. The lowest BCUT2D eigenvalue weighted by Crippen LogP contribution is -2.12. The Morgan fingerprint density at radius 2 is 0.921 bits per heavy atom. The van der Waals surface area contributed by atoms with E-state index in [1.54, 1.807) is 0 Å². The van der Waals surface area contributed by atoms with Crippen molar-refractivity contribution >= 4 is 5.91 Å². The Hall–Kier alpha value is -1.05. The summed E-state index contributed by atoms with van der Waals surface area (Å²) in [6.45, 7) is 6.90. The second kappa shape index (κ2) is 34.0. The molecule has 0 atom stereocenters. The molecule has 224 valence electrons. The second-order valence-electron chi connectivity index (χ2n) is 11.7. The highest BCUT2D eigenvalue weighted by atomic mass is 16.1. The molecular formula is C36H69NO. The minimum absolute atomic E-state index is 0.204. The highest BCUT2D eigenvalue weighted by molar-refractivity contribution is 5.77. The van der Waals surface area contributed by atoms with E-state index in [1.807, 2.05) is 6.08 Å². The van der Waals surface area contributed by atoms with Gasteiger partial charge in [0.15, 0.2) is 0 Å². The van der Waals surface area contributed by atoms with Crippen LogP contribution in [0, 0.1) is 0 Å². The van der Waals surface area contributed by atoms with Crippen molar-refractivity contribution in [3.8, 4) is 0 Å². The van der Waals surface area contributed by atoms with Crippen molar-refractivity contribution in [3.63, 3.8) is 0 Å². The summed E-state index contributed by atoms with van der Waals surface area (Å²) in [7, 11) is 0. The highest BCUT2D eigenvalue weighted by Gasteiger charge is 2.05. The van der Waals surface area contributed by atoms with Crippen molar-refractivity contribution < 1.29 is 4.79 Å². The van der Waals surface area contributed by atoms with E-state index < -0.39 is 0 Å². The molecular weight excluding hydrogens is 462 g/mol. The van der Waals surface area contributed by atoms with Gasteiger partial charge in [-0.15, -0.1) is 0 Å². The number of unbranched alkanes of at least 4 members (excludes halogenated alkanes) is 26. The number of hydrogen-bond acceptors (Lipinski definition) is 1. The smallest absolute Gasteiger partial charge is 0.220 e.